The normalized spacial score (nSPS) is 13.6. The van der Waals surface area contributed by atoms with Crippen LogP contribution in [0.25, 0.3) is 10.9 Å². The van der Waals surface area contributed by atoms with Gasteiger partial charge in [0.15, 0.2) is 0 Å². The van der Waals surface area contributed by atoms with Crippen LogP contribution in [0.2, 0.25) is 0 Å². The van der Waals surface area contributed by atoms with E-state index in [-0.39, 0.29) is 23.0 Å². The number of ketones is 1. The van der Waals surface area contributed by atoms with Crippen LogP contribution in [0.5, 0.6) is 5.75 Å². The van der Waals surface area contributed by atoms with Crippen molar-refractivity contribution in [3.8, 4) is 5.75 Å². The maximum Gasteiger partial charge on any atom is 0.329 e. The van der Waals surface area contributed by atoms with Gasteiger partial charge in [0.25, 0.3) is 0 Å². The summed E-state index contributed by atoms with van der Waals surface area (Å²) < 4.78 is 10.6. The maximum atomic E-state index is 13.5. The number of nitrogens with zero attached hydrogens (tertiary/aromatic N) is 4. The van der Waals surface area contributed by atoms with E-state index in [4.69, 9.17) is 9.47 Å². The smallest absolute Gasteiger partial charge is 0.329 e. The summed E-state index contributed by atoms with van der Waals surface area (Å²) in [5, 5.41) is 15.6. The minimum Gasteiger partial charge on any atom is -0.497 e. The minimum absolute atomic E-state index is 0.00162. The van der Waals surface area contributed by atoms with Gasteiger partial charge in [0.1, 0.15) is 17.6 Å². The van der Waals surface area contributed by atoms with Crippen LogP contribution in [0.3, 0.4) is 0 Å². The summed E-state index contributed by atoms with van der Waals surface area (Å²) in [6.07, 6.45) is 1.18. The number of carbonyl (C=O) groups is 1. The summed E-state index contributed by atoms with van der Waals surface area (Å²) in [6.45, 7) is 4.13. The molecule has 3 heterocycles. The van der Waals surface area contributed by atoms with Crippen LogP contribution in [0.1, 0.15) is 21.6 Å². The Morgan fingerprint density at radius 3 is 2.64 bits per heavy atom. The zero-order valence-corrected chi connectivity index (χ0v) is 19.8. The molecule has 1 saturated heterocycles. The van der Waals surface area contributed by atoms with Gasteiger partial charge in [-0.25, -0.2) is 4.98 Å². The third kappa shape index (κ3) is 4.43. The van der Waals surface area contributed by atoms with E-state index in [1.54, 1.807) is 31.4 Å². The highest BCUT2D eigenvalue weighted by Crippen LogP contribution is 2.35. The number of morpholine rings is 1. The first-order valence-corrected chi connectivity index (χ1v) is 11.4. The number of aryl methyl sites for hydroxylation is 1. The van der Waals surface area contributed by atoms with Crippen LogP contribution < -0.4 is 15.0 Å². The Hall–Kier alpha value is -4.51. The number of hydrogen-bond acceptors (Lipinski definition) is 9. The van der Waals surface area contributed by atoms with E-state index in [1.165, 1.54) is 6.20 Å². The molecule has 0 saturated carbocycles. The van der Waals surface area contributed by atoms with Gasteiger partial charge in [-0.05, 0) is 42.8 Å². The Morgan fingerprint density at radius 2 is 1.94 bits per heavy atom. The second-order valence-electron chi connectivity index (χ2n) is 8.37. The zero-order valence-electron chi connectivity index (χ0n) is 19.8. The number of nitro groups is 1. The molecule has 5 rings (SSSR count). The molecule has 0 bridgehead atoms. The Labute approximate surface area is 206 Å². The van der Waals surface area contributed by atoms with Crippen molar-refractivity contribution in [2.75, 3.05) is 43.6 Å². The summed E-state index contributed by atoms with van der Waals surface area (Å²) >= 11 is 0. The van der Waals surface area contributed by atoms with Crippen molar-refractivity contribution in [2.24, 2.45) is 0 Å². The van der Waals surface area contributed by atoms with Crippen molar-refractivity contribution in [1.29, 1.82) is 0 Å². The molecule has 1 aliphatic rings. The third-order valence-corrected chi connectivity index (χ3v) is 6.02. The summed E-state index contributed by atoms with van der Waals surface area (Å²) in [7, 11) is 1.55. The Morgan fingerprint density at radius 1 is 1.19 bits per heavy atom. The highest BCUT2D eigenvalue weighted by atomic mass is 16.6. The number of hydrogen-bond donors (Lipinski definition) is 2. The van der Waals surface area contributed by atoms with E-state index < -0.39 is 4.92 Å². The molecule has 0 amide bonds. The van der Waals surface area contributed by atoms with E-state index in [2.05, 4.69) is 20.3 Å². The highest BCUT2D eigenvalue weighted by Gasteiger charge is 2.25. The number of methoxy groups -OCH3 is 1. The van der Waals surface area contributed by atoms with Crippen LogP contribution in [-0.2, 0) is 4.74 Å². The van der Waals surface area contributed by atoms with Gasteiger partial charge < -0.3 is 24.7 Å². The van der Waals surface area contributed by atoms with Crippen LogP contribution >= 0.6 is 0 Å². The molecule has 0 unspecified atom stereocenters. The Balaban J connectivity index is 1.61. The van der Waals surface area contributed by atoms with Gasteiger partial charge in [0.2, 0.25) is 17.5 Å². The largest absolute Gasteiger partial charge is 0.497 e. The standard InChI is InChI=1S/C25H24N6O5/c1-15-3-8-18-19(13-15)27-22(23(32)16-4-6-17(35-2)7-5-16)21(18)28-24-20(31(33)34)14-26-25(29-24)30-9-11-36-12-10-30/h3-8,13-14,27H,9-12H2,1-2H3,(H,26,28,29). The van der Waals surface area contributed by atoms with Gasteiger partial charge in [0, 0.05) is 29.6 Å². The SMILES string of the molecule is COc1ccc(C(=O)c2[nH]c3cc(C)ccc3c2Nc2nc(N3CCOCC3)ncc2[N+](=O)[O-])cc1. The molecule has 0 radical (unpaired) electrons. The predicted molar refractivity (Wildman–Crippen MR) is 134 cm³/mol. The van der Waals surface area contributed by atoms with Gasteiger partial charge in [-0.3, -0.25) is 14.9 Å². The van der Waals surface area contributed by atoms with Crippen molar-refractivity contribution in [3.05, 3.63) is 75.6 Å². The number of carbonyl (C=O) groups excluding carboxylic acids is 1. The number of ether oxygens (including phenoxy) is 2. The van der Waals surface area contributed by atoms with Crippen molar-refractivity contribution in [2.45, 2.75) is 6.92 Å². The number of aromatic amines is 1. The zero-order chi connectivity index (χ0) is 25.2. The summed E-state index contributed by atoms with van der Waals surface area (Å²) in [6, 6.07) is 12.4. The lowest BCUT2D eigenvalue weighted by molar-refractivity contribution is -0.384. The van der Waals surface area contributed by atoms with Crippen molar-refractivity contribution in [1.82, 2.24) is 15.0 Å². The van der Waals surface area contributed by atoms with E-state index in [9.17, 15) is 14.9 Å². The molecule has 36 heavy (non-hydrogen) atoms. The number of fused-ring (bicyclic) bond motifs is 1. The van der Waals surface area contributed by atoms with Gasteiger partial charge in [-0.2, -0.15) is 4.98 Å². The molecule has 1 aliphatic heterocycles. The molecule has 0 spiro atoms. The summed E-state index contributed by atoms with van der Waals surface area (Å²) in [4.78, 5) is 38.6. The lowest BCUT2D eigenvalue weighted by Crippen LogP contribution is -2.37. The van der Waals surface area contributed by atoms with Gasteiger partial charge in [-0.1, -0.05) is 12.1 Å². The molecule has 4 aromatic rings. The molecule has 2 aromatic heterocycles. The maximum absolute atomic E-state index is 13.5. The van der Waals surface area contributed by atoms with E-state index in [0.717, 1.165) is 11.1 Å². The number of rotatable bonds is 7. The fraction of sp³-hybridized carbons (Fsp3) is 0.240. The van der Waals surface area contributed by atoms with Gasteiger partial charge in [-0.15, -0.1) is 0 Å². The first-order chi connectivity index (χ1) is 17.4. The Kier molecular flexibility index (Phi) is 6.21. The van der Waals surface area contributed by atoms with Crippen LogP contribution in [-0.4, -0.2) is 59.1 Å². The Bertz CT molecular complexity index is 1440. The topological polar surface area (TPSA) is 136 Å². The van der Waals surface area contributed by atoms with Crippen molar-refractivity contribution < 1.29 is 19.2 Å². The highest BCUT2D eigenvalue weighted by molar-refractivity contribution is 6.16. The fourth-order valence-electron chi connectivity index (χ4n) is 4.12. The van der Waals surface area contributed by atoms with E-state index in [1.807, 2.05) is 30.0 Å². The second-order valence-corrected chi connectivity index (χ2v) is 8.37. The number of anilines is 3. The first kappa shape index (κ1) is 23.2. The molecule has 1 fully saturated rings. The van der Waals surface area contributed by atoms with E-state index >= 15 is 0 Å². The average Bonchev–Trinajstić information content (AvgIpc) is 3.25. The second kappa shape index (κ2) is 9.62. The molecule has 0 atom stereocenters. The summed E-state index contributed by atoms with van der Waals surface area (Å²) in [5.41, 5.74) is 2.53. The predicted octanol–water partition coefficient (Wildman–Crippen LogP) is 3.99. The van der Waals surface area contributed by atoms with Gasteiger partial charge in [0.05, 0.1) is 30.9 Å². The number of H-pyrrole nitrogens is 1. The minimum atomic E-state index is -0.546. The average molecular weight is 489 g/mol. The van der Waals surface area contributed by atoms with Crippen LogP contribution in [0.15, 0.2) is 48.7 Å². The molecular formula is C25H24N6O5. The van der Waals surface area contributed by atoms with Crippen molar-refractivity contribution in [3.63, 3.8) is 0 Å². The van der Waals surface area contributed by atoms with E-state index in [0.29, 0.717) is 54.6 Å². The number of nitrogens with one attached hydrogen (secondary N) is 2. The molecule has 11 nitrogen and oxygen atoms in total. The molecular weight excluding hydrogens is 464 g/mol. The number of benzene rings is 2. The van der Waals surface area contributed by atoms with Crippen LogP contribution in [0, 0.1) is 17.0 Å². The molecule has 184 valence electrons. The quantitative estimate of drug-likeness (QED) is 0.225. The summed E-state index contributed by atoms with van der Waals surface area (Å²) in [5.74, 6) is 0.704. The lowest BCUT2D eigenvalue weighted by Gasteiger charge is -2.26. The van der Waals surface area contributed by atoms with Crippen LogP contribution in [0.4, 0.5) is 23.1 Å². The first-order valence-electron chi connectivity index (χ1n) is 11.4. The third-order valence-electron chi connectivity index (χ3n) is 6.02. The molecule has 2 aromatic carbocycles. The van der Waals surface area contributed by atoms with Gasteiger partial charge >= 0.3 is 5.69 Å². The molecule has 2 N–H and O–H groups in total. The monoisotopic (exact) mass is 488 g/mol. The fourth-order valence-corrected chi connectivity index (χ4v) is 4.12. The van der Waals surface area contributed by atoms with Crippen molar-refractivity contribution >= 4 is 39.8 Å². The number of aromatic nitrogens is 3. The lowest BCUT2D eigenvalue weighted by atomic mass is 10.1. The molecule has 11 heteroatoms. The molecule has 0 aliphatic carbocycles.